The van der Waals surface area contributed by atoms with Crippen LogP contribution in [0.2, 0.25) is 5.02 Å². The van der Waals surface area contributed by atoms with E-state index in [-0.39, 0.29) is 23.3 Å². The van der Waals surface area contributed by atoms with Crippen LogP contribution in [0.1, 0.15) is 0 Å². The molecule has 2 N–H and O–H groups in total. The quantitative estimate of drug-likeness (QED) is 0.845. The van der Waals surface area contributed by atoms with E-state index >= 15 is 0 Å². The van der Waals surface area contributed by atoms with E-state index in [1.54, 1.807) is 18.2 Å². The molecular weight excluding hydrogens is 266 g/mol. The van der Waals surface area contributed by atoms with Crippen LogP contribution in [-0.2, 0) is 4.79 Å². The van der Waals surface area contributed by atoms with Crippen LogP contribution in [0, 0.1) is 0 Å². The van der Waals surface area contributed by atoms with Crippen molar-refractivity contribution in [1.82, 2.24) is 0 Å². The number of para-hydroxylation sites is 1. The molecule has 0 saturated heterocycles. The van der Waals surface area contributed by atoms with Gasteiger partial charge in [-0.1, -0.05) is 29.8 Å². The number of nitrogens with one attached hydrogen (secondary N) is 1. The fourth-order valence-electron chi connectivity index (χ4n) is 1.45. The molecule has 2 aromatic carbocycles. The molecule has 0 unspecified atom stereocenters. The standard InChI is InChI=1S/C14H12ClNO3/c15-12-8-10(6-7-13(12)17)16-14(18)9-19-11-4-2-1-3-5-11/h1-8,17H,9H2,(H,16,18). The number of phenolic OH excluding ortho intramolecular Hbond substituents is 1. The van der Waals surface area contributed by atoms with Crippen molar-refractivity contribution in [1.29, 1.82) is 0 Å². The Morgan fingerprint density at radius 3 is 2.63 bits per heavy atom. The Kier molecular flexibility index (Phi) is 4.26. The van der Waals surface area contributed by atoms with E-state index < -0.39 is 0 Å². The molecule has 0 radical (unpaired) electrons. The average molecular weight is 278 g/mol. The maximum Gasteiger partial charge on any atom is 0.262 e. The summed E-state index contributed by atoms with van der Waals surface area (Å²) >= 11 is 5.74. The Morgan fingerprint density at radius 1 is 1.21 bits per heavy atom. The SMILES string of the molecule is O=C(COc1ccccc1)Nc1ccc(O)c(Cl)c1. The van der Waals surface area contributed by atoms with Gasteiger partial charge in [0, 0.05) is 5.69 Å². The molecular formula is C14H12ClNO3. The molecule has 4 nitrogen and oxygen atoms in total. The van der Waals surface area contributed by atoms with Gasteiger partial charge in [-0.05, 0) is 30.3 Å². The van der Waals surface area contributed by atoms with Gasteiger partial charge in [0.2, 0.25) is 0 Å². The van der Waals surface area contributed by atoms with Crippen LogP contribution >= 0.6 is 11.6 Å². The number of carbonyl (C=O) groups excluding carboxylic acids is 1. The van der Waals surface area contributed by atoms with Crippen molar-refractivity contribution < 1.29 is 14.6 Å². The van der Waals surface area contributed by atoms with Gasteiger partial charge < -0.3 is 15.2 Å². The van der Waals surface area contributed by atoms with Crippen LogP contribution in [0.25, 0.3) is 0 Å². The number of halogens is 1. The highest BCUT2D eigenvalue weighted by Crippen LogP contribution is 2.25. The number of benzene rings is 2. The van der Waals surface area contributed by atoms with E-state index in [9.17, 15) is 9.90 Å². The van der Waals surface area contributed by atoms with Gasteiger partial charge in [0.05, 0.1) is 5.02 Å². The molecule has 0 spiro atoms. The number of phenols is 1. The molecule has 98 valence electrons. The van der Waals surface area contributed by atoms with Crippen molar-refractivity contribution in [2.45, 2.75) is 0 Å². The number of aromatic hydroxyl groups is 1. The van der Waals surface area contributed by atoms with Gasteiger partial charge in [0.1, 0.15) is 11.5 Å². The molecule has 0 aliphatic rings. The molecule has 0 bridgehead atoms. The normalized spacial score (nSPS) is 9.95. The molecule has 0 heterocycles. The molecule has 19 heavy (non-hydrogen) atoms. The molecule has 0 aromatic heterocycles. The number of amides is 1. The summed E-state index contributed by atoms with van der Waals surface area (Å²) in [7, 11) is 0. The molecule has 5 heteroatoms. The summed E-state index contributed by atoms with van der Waals surface area (Å²) in [4.78, 5) is 11.6. The van der Waals surface area contributed by atoms with Gasteiger partial charge in [0.25, 0.3) is 5.91 Å². The maximum atomic E-state index is 11.6. The zero-order chi connectivity index (χ0) is 13.7. The number of hydrogen-bond donors (Lipinski definition) is 2. The summed E-state index contributed by atoms with van der Waals surface area (Å²) in [6, 6.07) is 13.5. The first-order valence-electron chi connectivity index (χ1n) is 5.61. The van der Waals surface area contributed by atoms with Crippen molar-refractivity contribution in [3.05, 3.63) is 53.6 Å². The van der Waals surface area contributed by atoms with Crippen LogP contribution in [0.15, 0.2) is 48.5 Å². The topological polar surface area (TPSA) is 58.6 Å². The summed E-state index contributed by atoms with van der Waals surface area (Å²) < 4.78 is 5.30. The van der Waals surface area contributed by atoms with Gasteiger partial charge in [0.15, 0.2) is 6.61 Å². The highest BCUT2D eigenvalue weighted by atomic mass is 35.5. The summed E-state index contributed by atoms with van der Waals surface area (Å²) in [6.07, 6.45) is 0. The minimum absolute atomic E-state index is 0.0276. The average Bonchev–Trinajstić information content (AvgIpc) is 2.42. The number of rotatable bonds is 4. The van der Waals surface area contributed by atoms with Crippen molar-refractivity contribution in [3.63, 3.8) is 0 Å². The Hall–Kier alpha value is -2.20. The van der Waals surface area contributed by atoms with Crippen LogP contribution in [0.3, 0.4) is 0 Å². The third-order valence-corrected chi connectivity index (χ3v) is 2.65. The van der Waals surface area contributed by atoms with Crippen molar-refractivity contribution >= 4 is 23.2 Å². The lowest BCUT2D eigenvalue weighted by molar-refractivity contribution is -0.118. The van der Waals surface area contributed by atoms with Crippen molar-refractivity contribution in [2.24, 2.45) is 0 Å². The minimum atomic E-state index is -0.300. The Morgan fingerprint density at radius 2 is 1.95 bits per heavy atom. The van der Waals surface area contributed by atoms with Crippen LogP contribution < -0.4 is 10.1 Å². The number of carbonyl (C=O) groups is 1. The lowest BCUT2D eigenvalue weighted by Gasteiger charge is -2.08. The van der Waals surface area contributed by atoms with Gasteiger partial charge in [-0.2, -0.15) is 0 Å². The van der Waals surface area contributed by atoms with Gasteiger partial charge in [-0.15, -0.1) is 0 Å². The summed E-state index contributed by atoms with van der Waals surface area (Å²) in [5.41, 5.74) is 0.504. The molecule has 0 aliphatic carbocycles. The molecule has 2 rings (SSSR count). The molecule has 0 fully saturated rings. The molecule has 0 aliphatic heterocycles. The first kappa shape index (κ1) is 13.2. The number of anilines is 1. The predicted octanol–water partition coefficient (Wildman–Crippen LogP) is 3.06. The van der Waals surface area contributed by atoms with E-state index in [1.807, 2.05) is 18.2 Å². The van der Waals surface area contributed by atoms with Crippen molar-refractivity contribution in [3.8, 4) is 11.5 Å². The van der Waals surface area contributed by atoms with E-state index in [2.05, 4.69) is 5.32 Å². The number of hydrogen-bond acceptors (Lipinski definition) is 3. The van der Waals surface area contributed by atoms with Gasteiger partial charge in [-0.25, -0.2) is 0 Å². The zero-order valence-electron chi connectivity index (χ0n) is 9.97. The highest BCUT2D eigenvalue weighted by Gasteiger charge is 2.05. The molecule has 0 saturated carbocycles. The third kappa shape index (κ3) is 3.89. The molecule has 0 atom stereocenters. The van der Waals surface area contributed by atoms with E-state index in [4.69, 9.17) is 16.3 Å². The summed E-state index contributed by atoms with van der Waals surface area (Å²) in [5.74, 6) is 0.298. The second kappa shape index (κ2) is 6.11. The molecule has 2 aromatic rings. The van der Waals surface area contributed by atoms with Crippen LogP contribution in [0.5, 0.6) is 11.5 Å². The Labute approximate surface area is 115 Å². The lowest BCUT2D eigenvalue weighted by Crippen LogP contribution is -2.20. The highest BCUT2D eigenvalue weighted by molar-refractivity contribution is 6.32. The van der Waals surface area contributed by atoms with Crippen LogP contribution in [-0.4, -0.2) is 17.6 Å². The third-order valence-electron chi connectivity index (χ3n) is 2.34. The predicted molar refractivity (Wildman–Crippen MR) is 73.7 cm³/mol. The van der Waals surface area contributed by atoms with Gasteiger partial charge in [-0.3, -0.25) is 4.79 Å². The van der Waals surface area contributed by atoms with E-state index in [0.29, 0.717) is 11.4 Å². The lowest BCUT2D eigenvalue weighted by atomic mass is 10.3. The second-order valence-corrected chi connectivity index (χ2v) is 4.22. The fourth-order valence-corrected chi connectivity index (χ4v) is 1.63. The maximum absolute atomic E-state index is 11.6. The Balaban J connectivity index is 1.89. The zero-order valence-corrected chi connectivity index (χ0v) is 10.7. The first-order valence-corrected chi connectivity index (χ1v) is 5.99. The molecule has 1 amide bonds. The van der Waals surface area contributed by atoms with E-state index in [1.165, 1.54) is 12.1 Å². The smallest absolute Gasteiger partial charge is 0.262 e. The van der Waals surface area contributed by atoms with E-state index in [0.717, 1.165) is 0 Å². The number of ether oxygens (including phenoxy) is 1. The fraction of sp³-hybridized carbons (Fsp3) is 0.0714. The second-order valence-electron chi connectivity index (χ2n) is 3.82. The summed E-state index contributed by atoms with van der Waals surface area (Å²) in [5, 5.41) is 12.1. The summed E-state index contributed by atoms with van der Waals surface area (Å²) in [6.45, 7) is -0.0947. The largest absolute Gasteiger partial charge is 0.506 e. The first-order chi connectivity index (χ1) is 9.15. The van der Waals surface area contributed by atoms with Gasteiger partial charge >= 0.3 is 0 Å². The Bertz CT molecular complexity index is 572. The van der Waals surface area contributed by atoms with Crippen LogP contribution in [0.4, 0.5) is 5.69 Å². The van der Waals surface area contributed by atoms with Crippen molar-refractivity contribution in [2.75, 3.05) is 11.9 Å². The minimum Gasteiger partial charge on any atom is -0.506 e. The monoisotopic (exact) mass is 277 g/mol.